The SMILES string of the molecule is CCCOC(=O)c1ccc(NC(=O)COC(=O)c2ccc(NC(C)=O)cc2)cc1. The lowest BCUT2D eigenvalue weighted by molar-refractivity contribution is -0.119. The van der Waals surface area contributed by atoms with Crippen molar-refractivity contribution in [2.75, 3.05) is 23.8 Å². The molecular formula is C21H22N2O6. The quantitative estimate of drug-likeness (QED) is 0.662. The number of hydrogen-bond donors (Lipinski definition) is 2. The Labute approximate surface area is 168 Å². The van der Waals surface area contributed by atoms with Gasteiger partial charge in [-0.1, -0.05) is 6.92 Å². The number of nitrogens with one attached hydrogen (secondary N) is 2. The van der Waals surface area contributed by atoms with Crippen LogP contribution in [0.1, 0.15) is 41.0 Å². The van der Waals surface area contributed by atoms with E-state index in [-0.39, 0.29) is 11.5 Å². The van der Waals surface area contributed by atoms with E-state index in [1.165, 1.54) is 31.2 Å². The van der Waals surface area contributed by atoms with Gasteiger partial charge in [-0.05, 0) is 55.0 Å². The second-order valence-electron chi connectivity index (χ2n) is 6.10. The highest BCUT2D eigenvalue weighted by Gasteiger charge is 2.11. The summed E-state index contributed by atoms with van der Waals surface area (Å²) in [5, 5.41) is 5.16. The fraction of sp³-hybridized carbons (Fsp3) is 0.238. The lowest BCUT2D eigenvalue weighted by Crippen LogP contribution is -2.21. The van der Waals surface area contributed by atoms with Crippen molar-refractivity contribution in [3.63, 3.8) is 0 Å². The van der Waals surface area contributed by atoms with Gasteiger partial charge in [-0.2, -0.15) is 0 Å². The van der Waals surface area contributed by atoms with Gasteiger partial charge in [-0.15, -0.1) is 0 Å². The van der Waals surface area contributed by atoms with E-state index in [1.54, 1.807) is 24.3 Å². The predicted octanol–water partition coefficient (Wildman–Crippen LogP) is 3.01. The number of amides is 2. The van der Waals surface area contributed by atoms with Gasteiger partial charge in [0.2, 0.25) is 5.91 Å². The lowest BCUT2D eigenvalue weighted by atomic mass is 10.2. The van der Waals surface area contributed by atoms with Crippen molar-refractivity contribution in [2.24, 2.45) is 0 Å². The number of esters is 2. The summed E-state index contributed by atoms with van der Waals surface area (Å²) in [4.78, 5) is 46.7. The fourth-order valence-electron chi connectivity index (χ4n) is 2.27. The second-order valence-corrected chi connectivity index (χ2v) is 6.10. The predicted molar refractivity (Wildman–Crippen MR) is 107 cm³/mol. The molecule has 8 nitrogen and oxygen atoms in total. The average molecular weight is 398 g/mol. The maximum absolute atomic E-state index is 12.0. The molecule has 2 aromatic carbocycles. The molecule has 0 radical (unpaired) electrons. The zero-order valence-electron chi connectivity index (χ0n) is 16.2. The highest BCUT2D eigenvalue weighted by Crippen LogP contribution is 2.12. The van der Waals surface area contributed by atoms with Crippen LogP contribution in [0.15, 0.2) is 48.5 Å². The van der Waals surface area contributed by atoms with Crippen molar-refractivity contribution < 1.29 is 28.7 Å². The van der Waals surface area contributed by atoms with E-state index in [0.717, 1.165) is 6.42 Å². The molecule has 2 aromatic rings. The minimum atomic E-state index is -0.663. The molecule has 2 amide bonds. The molecule has 0 aliphatic heterocycles. The monoisotopic (exact) mass is 398 g/mol. The third-order valence-corrected chi connectivity index (χ3v) is 3.62. The van der Waals surface area contributed by atoms with Gasteiger partial charge in [0, 0.05) is 18.3 Å². The zero-order valence-corrected chi connectivity index (χ0v) is 16.2. The number of ether oxygens (including phenoxy) is 2. The van der Waals surface area contributed by atoms with Gasteiger partial charge in [0.05, 0.1) is 17.7 Å². The molecule has 0 saturated carbocycles. The first-order valence-corrected chi connectivity index (χ1v) is 9.01. The molecule has 2 N–H and O–H groups in total. The van der Waals surface area contributed by atoms with Crippen molar-refractivity contribution in [2.45, 2.75) is 20.3 Å². The molecule has 0 spiro atoms. The average Bonchev–Trinajstić information content (AvgIpc) is 2.71. The van der Waals surface area contributed by atoms with Crippen LogP contribution in [0.3, 0.4) is 0 Å². The van der Waals surface area contributed by atoms with E-state index in [2.05, 4.69) is 10.6 Å². The van der Waals surface area contributed by atoms with E-state index < -0.39 is 24.5 Å². The van der Waals surface area contributed by atoms with Crippen LogP contribution in [0.2, 0.25) is 0 Å². The summed E-state index contributed by atoms with van der Waals surface area (Å²) >= 11 is 0. The number of rotatable bonds is 8. The fourth-order valence-corrected chi connectivity index (χ4v) is 2.27. The van der Waals surface area contributed by atoms with Gasteiger partial charge in [0.25, 0.3) is 5.91 Å². The molecule has 2 rings (SSSR count). The molecule has 0 atom stereocenters. The Morgan fingerprint density at radius 3 is 1.72 bits per heavy atom. The van der Waals surface area contributed by atoms with Crippen LogP contribution in [0, 0.1) is 0 Å². The first kappa shape index (κ1) is 21.6. The van der Waals surface area contributed by atoms with Crippen LogP contribution in [0.5, 0.6) is 0 Å². The summed E-state index contributed by atoms with van der Waals surface area (Å²) < 4.78 is 10.0. The molecule has 0 fully saturated rings. The molecule has 8 heteroatoms. The van der Waals surface area contributed by atoms with E-state index in [4.69, 9.17) is 9.47 Å². The summed E-state index contributed by atoms with van der Waals surface area (Å²) in [6.45, 7) is 3.16. The van der Waals surface area contributed by atoms with Gasteiger partial charge in [0.1, 0.15) is 0 Å². The third kappa shape index (κ3) is 7.10. The zero-order chi connectivity index (χ0) is 21.2. The molecule has 0 saturated heterocycles. The van der Waals surface area contributed by atoms with E-state index in [0.29, 0.717) is 23.5 Å². The van der Waals surface area contributed by atoms with Crippen LogP contribution in [-0.4, -0.2) is 37.0 Å². The van der Waals surface area contributed by atoms with Gasteiger partial charge in [-0.3, -0.25) is 9.59 Å². The number of anilines is 2. The number of hydrogen-bond acceptors (Lipinski definition) is 6. The minimum Gasteiger partial charge on any atom is -0.462 e. The summed E-state index contributed by atoms with van der Waals surface area (Å²) in [5.74, 6) is -1.83. The van der Waals surface area contributed by atoms with Crippen molar-refractivity contribution in [1.82, 2.24) is 0 Å². The van der Waals surface area contributed by atoms with Gasteiger partial charge in [-0.25, -0.2) is 9.59 Å². The smallest absolute Gasteiger partial charge is 0.338 e. The summed E-state index contributed by atoms with van der Waals surface area (Å²) in [6.07, 6.45) is 0.734. The molecule has 0 unspecified atom stereocenters. The van der Waals surface area contributed by atoms with Crippen LogP contribution in [-0.2, 0) is 19.1 Å². The maximum atomic E-state index is 12.0. The number of carbonyl (C=O) groups excluding carboxylic acids is 4. The van der Waals surface area contributed by atoms with Gasteiger partial charge >= 0.3 is 11.9 Å². The first-order valence-electron chi connectivity index (χ1n) is 9.01. The Morgan fingerprint density at radius 1 is 0.759 bits per heavy atom. The summed E-state index contributed by atoms with van der Waals surface area (Å²) in [6, 6.07) is 12.3. The maximum Gasteiger partial charge on any atom is 0.338 e. The topological polar surface area (TPSA) is 111 Å². The largest absolute Gasteiger partial charge is 0.462 e. The molecule has 29 heavy (non-hydrogen) atoms. The minimum absolute atomic E-state index is 0.220. The normalized spacial score (nSPS) is 10.0. The van der Waals surface area contributed by atoms with Gasteiger partial charge < -0.3 is 20.1 Å². The van der Waals surface area contributed by atoms with Crippen LogP contribution in [0.25, 0.3) is 0 Å². The first-order chi connectivity index (χ1) is 13.9. The highest BCUT2D eigenvalue weighted by atomic mass is 16.5. The van der Waals surface area contributed by atoms with Crippen molar-refractivity contribution in [3.05, 3.63) is 59.7 Å². The molecule has 0 heterocycles. The number of benzene rings is 2. The standard InChI is InChI=1S/C21H22N2O6/c1-3-12-28-20(26)15-6-10-18(11-7-15)23-19(25)13-29-21(27)16-4-8-17(9-5-16)22-14(2)24/h4-11H,3,12-13H2,1-2H3,(H,22,24)(H,23,25). The Hall–Kier alpha value is -3.68. The third-order valence-electron chi connectivity index (χ3n) is 3.62. The molecule has 0 aliphatic carbocycles. The molecule has 0 bridgehead atoms. The number of carbonyl (C=O) groups is 4. The van der Waals surface area contributed by atoms with E-state index >= 15 is 0 Å². The summed E-state index contributed by atoms with van der Waals surface area (Å²) in [5.41, 5.74) is 1.64. The van der Waals surface area contributed by atoms with Crippen molar-refractivity contribution in [1.29, 1.82) is 0 Å². The summed E-state index contributed by atoms with van der Waals surface area (Å²) in [7, 11) is 0. The van der Waals surface area contributed by atoms with Crippen LogP contribution in [0.4, 0.5) is 11.4 Å². The Morgan fingerprint density at radius 2 is 1.24 bits per heavy atom. The van der Waals surface area contributed by atoms with Crippen LogP contribution < -0.4 is 10.6 Å². The Bertz CT molecular complexity index is 875. The molecule has 0 aromatic heterocycles. The lowest BCUT2D eigenvalue weighted by Gasteiger charge is -2.08. The van der Waals surface area contributed by atoms with Crippen molar-refractivity contribution in [3.8, 4) is 0 Å². The van der Waals surface area contributed by atoms with Crippen molar-refractivity contribution >= 4 is 35.1 Å². The highest BCUT2D eigenvalue weighted by molar-refractivity contribution is 5.96. The molecule has 0 aliphatic rings. The van der Waals surface area contributed by atoms with E-state index in [1.807, 2.05) is 6.92 Å². The second kappa shape index (κ2) is 10.6. The Balaban J connectivity index is 1.82. The van der Waals surface area contributed by atoms with Gasteiger partial charge in [0.15, 0.2) is 6.61 Å². The Kier molecular flexibility index (Phi) is 7.90. The van der Waals surface area contributed by atoms with Crippen LogP contribution >= 0.6 is 0 Å². The van der Waals surface area contributed by atoms with E-state index in [9.17, 15) is 19.2 Å². The molecule has 152 valence electrons. The molecular weight excluding hydrogens is 376 g/mol.